The summed E-state index contributed by atoms with van der Waals surface area (Å²) in [6.07, 6.45) is -0.321. The molecule has 0 bridgehead atoms. The Balaban J connectivity index is 2.66. The van der Waals surface area contributed by atoms with Gasteiger partial charge >= 0.3 is 5.97 Å². The lowest BCUT2D eigenvalue weighted by molar-refractivity contribution is -0.141. The summed E-state index contributed by atoms with van der Waals surface area (Å²) in [6, 6.07) is 2.50. The maximum atomic E-state index is 12.3. The van der Waals surface area contributed by atoms with Gasteiger partial charge in [-0.1, -0.05) is 12.1 Å². The van der Waals surface area contributed by atoms with Crippen molar-refractivity contribution in [2.75, 3.05) is 6.54 Å². The highest BCUT2D eigenvalue weighted by atomic mass is 16.4. The van der Waals surface area contributed by atoms with Crippen molar-refractivity contribution in [1.82, 2.24) is 16.0 Å². The lowest BCUT2D eigenvalue weighted by atomic mass is 10.1. The number of phenols is 1. The van der Waals surface area contributed by atoms with Crippen molar-refractivity contribution in [3.8, 4) is 5.75 Å². The van der Waals surface area contributed by atoms with Crippen LogP contribution in [0.4, 0.5) is 0 Å². The monoisotopic (exact) mass is 437 g/mol. The zero-order valence-electron chi connectivity index (χ0n) is 17.0. The molecule has 0 radical (unpaired) electrons. The Hall–Kier alpha value is -3.67. The first kappa shape index (κ1) is 25.4. The van der Waals surface area contributed by atoms with Gasteiger partial charge in [0.15, 0.2) is 0 Å². The smallest absolute Gasteiger partial charge is 0.326 e. The number of amides is 4. The van der Waals surface area contributed by atoms with Gasteiger partial charge in [0.1, 0.15) is 17.8 Å². The number of aliphatic carboxylic acids is 1. The second-order valence-corrected chi connectivity index (χ2v) is 6.90. The Kier molecular flexibility index (Phi) is 9.92. The number of hydrogen-bond donors (Lipinski definition) is 7. The molecule has 3 unspecified atom stereocenters. The van der Waals surface area contributed by atoms with Crippen LogP contribution >= 0.6 is 0 Å². The van der Waals surface area contributed by atoms with E-state index in [1.807, 2.05) is 0 Å². The summed E-state index contributed by atoms with van der Waals surface area (Å²) in [5.74, 6) is -4.10. The zero-order chi connectivity index (χ0) is 23.6. The van der Waals surface area contributed by atoms with Gasteiger partial charge in [-0.2, -0.15) is 0 Å². The number of nitrogens with two attached hydrogens (primary N) is 2. The number of carbonyl (C=O) groups excluding carboxylic acids is 4. The Morgan fingerprint density at radius 1 is 1.00 bits per heavy atom. The SMILES string of the molecule is CC(N)C(=O)NC(CCC(N)=O)C(=O)NCC(=O)NC(Cc1ccc(O)cc1)C(=O)O. The van der Waals surface area contributed by atoms with Crippen LogP contribution in [0.2, 0.25) is 0 Å². The molecule has 3 atom stereocenters. The predicted octanol–water partition coefficient (Wildman–Crippen LogP) is -2.28. The van der Waals surface area contributed by atoms with Crippen LogP contribution in [0.25, 0.3) is 0 Å². The zero-order valence-corrected chi connectivity index (χ0v) is 17.0. The normalized spacial score (nSPS) is 13.4. The van der Waals surface area contributed by atoms with E-state index in [9.17, 15) is 34.2 Å². The number of rotatable bonds is 12. The van der Waals surface area contributed by atoms with E-state index < -0.39 is 54.3 Å². The Bertz CT molecular complexity index is 810. The summed E-state index contributed by atoms with van der Waals surface area (Å²) < 4.78 is 0. The minimum atomic E-state index is -1.28. The van der Waals surface area contributed by atoms with Gasteiger partial charge in [-0.15, -0.1) is 0 Å². The van der Waals surface area contributed by atoms with Gasteiger partial charge in [-0.05, 0) is 31.0 Å². The highest BCUT2D eigenvalue weighted by molar-refractivity contribution is 5.92. The first-order valence-electron chi connectivity index (χ1n) is 9.41. The molecule has 170 valence electrons. The van der Waals surface area contributed by atoms with Crippen LogP contribution in [0, 0.1) is 0 Å². The number of benzene rings is 1. The molecule has 0 aliphatic heterocycles. The topological polar surface area (TPSA) is 214 Å². The molecule has 31 heavy (non-hydrogen) atoms. The molecule has 4 amide bonds. The van der Waals surface area contributed by atoms with Crippen LogP contribution in [-0.2, 0) is 30.4 Å². The third-order valence-corrected chi connectivity index (χ3v) is 4.16. The largest absolute Gasteiger partial charge is 0.508 e. The fourth-order valence-electron chi connectivity index (χ4n) is 2.46. The van der Waals surface area contributed by atoms with Crippen molar-refractivity contribution >= 4 is 29.6 Å². The summed E-state index contributed by atoms with van der Waals surface area (Å²) >= 11 is 0. The van der Waals surface area contributed by atoms with E-state index in [0.717, 1.165) is 0 Å². The molecule has 0 saturated carbocycles. The second-order valence-electron chi connectivity index (χ2n) is 6.90. The number of carboxylic acid groups (broad SMARTS) is 1. The van der Waals surface area contributed by atoms with E-state index >= 15 is 0 Å². The molecule has 12 nitrogen and oxygen atoms in total. The van der Waals surface area contributed by atoms with E-state index in [0.29, 0.717) is 5.56 Å². The number of primary amides is 1. The van der Waals surface area contributed by atoms with Crippen molar-refractivity contribution in [3.05, 3.63) is 29.8 Å². The van der Waals surface area contributed by atoms with Crippen LogP contribution in [0.3, 0.4) is 0 Å². The van der Waals surface area contributed by atoms with Gasteiger partial charge in [0.2, 0.25) is 23.6 Å². The fourth-order valence-corrected chi connectivity index (χ4v) is 2.46. The third kappa shape index (κ3) is 9.58. The molecule has 1 aromatic carbocycles. The average molecular weight is 437 g/mol. The van der Waals surface area contributed by atoms with Gasteiger partial charge in [-0.3, -0.25) is 19.2 Å². The molecular weight excluding hydrogens is 410 g/mol. The molecule has 0 aliphatic rings. The second kappa shape index (κ2) is 12.1. The Labute approximate surface area is 178 Å². The minimum absolute atomic E-state index is 0.0179. The van der Waals surface area contributed by atoms with E-state index in [-0.39, 0.29) is 25.0 Å². The maximum Gasteiger partial charge on any atom is 0.326 e. The number of hydrogen-bond acceptors (Lipinski definition) is 7. The lowest BCUT2D eigenvalue weighted by Gasteiger charge is -2.20. The Morgan fingerprint density at radius 2 is 1.61 bits per heavy atom. The van der Waals surface area contributed by atoms with Crippen molar-refractivity contribution in [1.29, 1.82) is 0 Å². The number of aromatic hydroxyl groups is 1. The van der Waals surface area contributed by atoms with Gasteiger partial charge < -0.3 is 37.6 Å². The maximum absolute atomic E-state index is 12.3. The first-order valence-corrected chi connectivity index (χ1v) is 9.41. The average Bonchev–Trinajstić information content (AvgIpc) is 2.69. The molecule has 0 spiro atoms. The number of phenolic OH excluding ortho intramolecular Hbond substituents is 1. The number of carboxylic acids is 1. The summed E-state index contributed by atoms with van der Waals surface area (Å²) in [4.78, 5) is 58.6. The summed E-state index contributed by atoms with van der Waals surface area (Å²) in [5, 5.41) is 25.5. The molecule has 1 rings (SSSR count). The van der Waals surface area contributed by atoms with Crippen LogP contribution in [0.5, 0.6) is 5.75 Å². The van der Waals surface area contributed by atoms with Crippen LogP contribution in [-0.4, -0.2) is 64.5 Å². The van der Waals surface area contributed by atoms with E-state index in [2.05, 4.69) is 16.0 Å². The number of carbonyl (C=O) groups is 5. The number of nitrogens with one attached hydrogen (secondary N) is 3. The van der Waals surface area contributed by atoms with E-state index in [1.165, 1.54) is 31.2 Å². The summed E-state index contributed by atoms with van der Waals surface area (Å²) in [6.45, 7) is 0.852. The van der Waals surface area contributed by atoms with Gasteiger partial charge in [0, 0.05) is 12.8 Å². The van der Waals surface area contributed by atoms with Crippen molar-refractivity contribution in [3.63, 3.8) is 0 Å². The van der Waals surface area contributed by atoms with Gasteiger partial charge in [-0.25, -0.2) is 4.79 Å². The van der Waals surface area contributed by atoms with Crippen molar-refractivity contribution < 1.29 is 34.2 Å². The van der Waals surface area contributed by atoms with Crippen molar-refractivity contribution in [2.24, 2.45) is 11.5 Å². The lowest BCUT2D eigenvalue weighted by Crippen LogP contribution is -2.53. The first-order chi connectivity index (χ1) is 14.5. The molecule has 0 fully saturated rings. The molecule has 0 aromatic heterocycles. The molecule has 12 heteroatoms. The minimum Gasteiger partial charge on any atom is -0.508 e. The Morgan fingerprint density at radius 3 is 2.13 bits per heavy atom. The third-order valence-electron chi connectivity index (χ3n) is 4.16. The quantitative estimate of drug-likeness (QED) is 0.189. The van der Waals surface area contributed by atoms with Crippen LogP contribution in [0.1, 0.15) is 25.3 Å². The highest BCUT2D eigenvalue weighted by Gasteiger charge is 2.24. The van der Waals surface area contributed by atoms with Crippen molar-refractivity contribution in [2.45, 2.75) is 44.3 Å². The molecule has 1 aromatic rings. The standard InChI is InChI=1S/C19H27N5O7/c1-10(20)17(28)24-13(6-7-15(21)26)18(29)22-9-16(27)23-14(19(30)31)8-11-2-4-12(25)5-3-11/h2-5,10,13-14,25H,6-9,20H2,1H3,(H2,21,26)(H,22,29)(H,23,27)(H,24,28)(H,30,31). The molecule has 0 aliphatic carbocycles. The molecule has 0 saturated heterocycles. The highest BCUT2D eigenvalue weighted by Crippen LogP contribution is 2.11. The van der Waals surface area contributed by atoms with Crippen LogP contribution in [0.15, 0.2) is 24.3 Å². The van der Waals surface area contributed by atoms with Gasteiger partial charge in [0.25, 0.3) is 0 Å². The molecular formula is C19H27N5O7. The van der Waals surface area contributed by atoms with Gasteiger partial charge in [0.05, 0.1) is 12.6 Å². The predicted molar refractivity (Wildman–Crippen MR) is 108 cm³/mol. The van der Waals surface area contributed by atoms with E-state index in [4.69, 9.17) is 11.5 Å². The summed E-state index contributed by atoms with van der Waals surface area (Å²) in [7, 11) is 0. The summed E-state index contributed by atoms with van der Waals surface area (Å²) in [5.41, 5.74) is 11.1. The fraction of sp³-hybridized carbons (Fsp3) is 0.421. The molecule has 9 N–H and O–H groups in total. The molecule has 0 heterocycles. The van der Waals surface area contributed by atoms with Crippen LogP contribution < -0.4 is 27.4 Å². The van der Waals surface area contributed by atoms with E-state index in [1.54, 1.807) is 0 Å².